The van der Waals surface area contributed by atoms with Crippen molar-refractivity contribution in [3.8, 4) is 0 Å². The molecule has 0 saturated carbocycles. The lowest BCUT2D eigenvalue weighted by Crippen LogP contribution is -2.38. The van der Waals surface area contributed by atoms with Crippen LogP contribution in [-0.2, 0) is 10.5 Å². The summed E-state index contributed by atoms with van der Waals surface area (Å²) in [4.78, 5) is 11.9. The minimum Gasteiger partial charge on any atom is -0.432 e. The molecule has 1 atom stereocenters. The molecule has 90 valence electrons. The second-order valence-electron chi connectivity index (χ2n) is 4.49. The Morgan fingerprint density at radius 1 is 1.06 bits per heavy atom. The third-order valence-corrected chi connectivity index (χ3v) is 3.32. The van der Waals surface area contributed by atoms with E-state index in [0.29, 0.717) is 5.56 Å². The summed E-state index contributed by atoms with van der Waals surface area (Å²) in [5.74, 6) is -0.361. The summed E-state index contributed by atoms with van der Waals surface area (Å²) in [5.41, 5.74) is 8.24. The maximum absolute atomic E-state index is 11.9. The minimum atomic E-state index is -1.17. The highest BCUT2D eigenvalue weighted by atomic mass is 16.6. The molecule has 1 aliphatic rings. The van der Waals surface area contributed by atoms with Gasteiger partial charge in [0.2, 0.25) is 5.72 Å². The number of fused-ring (bicyclic) bond motifs is 1. The summed E-state index contributed by atoms with van der Waals surface area (Å²) in [5, 5.41) is 0. The maximum atomic E-state index is 11.9. The van der Waals surface area contributed by atoms with Crippen LogP contribution in [0.25, 0.3) is 0 Å². The molecule has 2 aromatic carbocycles. The van der Waals surface area contributed by atoms with Crippen molar-refractivity contribution < 1.29 is 9.53 Å². The zero-order valence-electron chi connectivity index (χ0n) is 10.0. The second-order valence-corrected chi connectivity index (χ2v) is 4.49. The number of esters is 1. The largest absolute Gasteiger partial charge is 0.432 e. The highest BCUT2D eigenvalue weighted by Crippen LogP contribution is 2.39. The Labute approximate surface area is 105 Å². The van der Waals surface area contributed by atoms with Crippen molar-refractivity contribution in [1.29, 1.82) is 0 Å². The lowest BCUT2D eigenvalue weighted by Gasteiger charge is -2.25. The molecule has 0 saturated heterocycles. The van der Waals surface area contributed by atoms with E-state index < -0.39 is 5.72 Å². The van der Waals surface area contributed by atoms with E-state index in [1.165, 1.54) is 0 Å². The molecule has 0 bridgehead atoms. The molecule has 0 aromatic heterocycles. The van der Waals surface area contributed by atoms with E-state index in [2.05, 4.69) is 0 Å². The van der Waals surface area contributed by atoms with E-state index in [1.807, 2.05) is 49.4 Å². The third-order valence-electron chi connectivity index (χ3n) is 3.32. The summed E-state index contributed by atoms with van der Waals surface area (Å²) in [7, 11) is 0. The smallest absolute Gasteiger partial charge is 0.340 e. The van der Waals surface area contributed by atoms with Gasteiger partial charge in [-0.05, 0) is 18.6 Å². The molecule has 18 heavy (non-hydrogen) atoms. The summed E-state index contributed by atoms with van der Waals surface area (Å²) in [6, 6.07) is 14.9. The van der Waals surface area contributed by atoms with Gasteiger partial charge in [-0.25, -0.2) is 4.79 Å². The van der Waals surface area contributed by atoms with E-state index in [4.69, 9.17) is 10.5 Å². The number of hydrogen-bond acceptors (Lipinski definition) is 3. The number of rotatable bonds is 1. The molecule has 0 aliphatic carbocycles. The van der Waals surface area contributed by atoms with Crippen molar-refractivity contribution in [2.75, 3.05) is 0 Å². The van der Waals surface area contributed by atoms with Crippen molar-refractivity contribution in [2.24, 2.45) is 5.73 Å². The van der Waals surface area contributed by atoms with Crippen LogP contribution in [0, 0.1) is 6.92 Å². The second kappa shape index (κ2) is 3.68. The fourth-order valence-corrected chi connectivity index (χ4v) is 2.47. The molecular formula is C15H13NO2. The molecule has 1 heterocycles. The zero-order valence-corrected chi connectivity index (χ0v) is 10.0. The first-order valence-corrected chi connectivity index (χ1v) is 5.81. The number of cyclic esters (lactones) is 1. The van der Waals surface area contributed by atoms with E-state index >= 15 is 0 Å². The number of carbonyl (C=O) groups excluding carboxylic acids is 1. The predicted molar refractivity (Wildman–Crippen MR) is 68.0 cm³/mol. The van der Waals surface area contributed by atoms with Gasteiger partial charge in [-0.2, -0.15) is 0 Å². The highest BCUT2D eigenvalue weighted by molar-refractivity contribution is 5.95. The maximum Gasteiger partial charge on any atom is 0.340 e. The standard InChI is InChI=1S/C15H13NO2/c1-10-6-5-9-12-13(10)15(16,18-14(12)17)11-7-3-2-4-8-11/h2-9H,16H2,1H3. The van der Waals surface area contributed by atoms with Crippen LogP contribution in [-0.4, -0.2) is 5.97 Å². The van der Waals surface area contributed by atoms with Gasteiger partial charge in [-0.15, -0.1) is 0 Å². The van der Waals surface area contributed by atoms with E-state index in [9.17, 15) is 4.79 Å². The van der Waals surface area contributed by atoms with Crippen LogP contribution in [0.5, 0.6) is 0 Å². The topological polar surface area (TPSA) is 52.3 Å². The first-order chi connectivity index (χ1) is 8.63. The lowest BCUT2D eigenvalue weighted by atomic mass is 9.90. The molecule has 3 nitrogen and oxygen atoms in total. The molecule has 0 amide bonds. The Hall–Kier alpha value is -2.13. The first kappa shape index (κ1) is 11.0. The molecule has 2 N–H and O–H groups in total. The van der Waals surface area contributed by atoms with Gasteiger partial charge in [0, 0.05) is 11.1 Å². The number of nitrogens with two attached hydrogens (primary N) is 1. The Kier molecular flexibility index (Phi) is 2.25. The third kappa shape index (κ3) is 1.38. The van der Waals surface area contributed by atoms with Gasteiger partial charge in [0.1, 0.15) is 0 Å². The van der Waals surface area contributed by atoms with Crippen molar-refractivity contribution in [2.45, 2.75) is 12.6 Å². The van der Waals surface area contributed by atoms with Crippen LogP contribution < -0.4 is 5.73 Å². The van der Waals surface area contributed by atoms with E-state index in [-0.39, 0.29) is 5.97 Å². The number of benzene rings is 2. The monoisotopic (exact) mass is 239 g/mol. The van der Waals surface area contributed by atoms with Crippen LogP contribution in [0.3, 0.4) is 0 Å². The van der Waals surface area contributed by atoms with Crippen LogP contribution in [0.15, 0.2) is 48.5 Å². The summed E-state index contributed by atoms with van der Waals surface area (Å²) < 4.78 is 5.43. The average Bonchev–Trinajstić information content (AvgIpc) is 2.65. The molecule has 0 spiro atoms. The number of aryl methyl sites for hydroxylation is 1. The zero-order chi connectivity index (χ0) is 12.8. The summed E-state index contributed by atoms with van der Waals surface area (Å²) in [6.07, 6.45) is 0. The van der Waals surface area contributed by atoms with Crippen LogP contribution in [0.1, 0.15) is 27.0 Å². The SMILES string of the molecule is Cc1cccc2c1C(N)(c1ccccc1)OC2=O. The Balaban J connectivity index is 2.27. The highest BCUT2D eigenvalue weighted by Gasteiger charge is 2.44. The summed E-state index contributed by atoms with van der Waals surface area (Å²) >= 11 is 0. The van der Waals surface area contributed by atoms with Gasteiger partial charge < -0.3 is 4.74 Å². The van der Waals surface area contributed by atoms with Crippen molar-refractivity contribution in [3.63, 3.8) is 0 Å². The molecule has 1 unspecified atom stereocenters. The lowest BCUT2D eigenvalue weighted by molar-refractivity contribution is 0.0132. The van der Waals surface area contributed by atoms with Crippen LogP contribution in [0.2, 0.25) is 0 Å². The van der Waals surface area contributed by atoms with Crippen molar-refractivity contribution in [1.82, 2.24) is 0 Å². The number of carbonyl (C=O) groups is 1. The predicted octanol–water partition coefficient (Wildman–Crippen LogP) is 2.33. The van der Waals surface area contributed by atoms with Crippen LogP contribution in [0.4, 0.5) is 0 Å². The van der Waals surface area contributed by atoms with Gasteiger partial charge in [0.25, 0.3) is 0 Å². The fraction of sp³-hybridized carbons (Fsp3) is 0.133. The van der Waals surface area contributed by atoms with Gasteiger partial charge in [0.05, 0.1) is 5.56 Å². The Bertz CT molecular complexity index is 622. The van der Waals surface area contributed by atoms with Crippen molar-refractivity contribution >= 4 is 5.97 Å². The van der Waals surface area contributed by atoms with Crippen LogP contribution >= 0.6 is 0 Å². The van der Waals surface area contributed by atoms with Gasteiger partial charge in [0.15, 0.2) is 0 Å². The Morgan fingerprint density at radius 3 is 2.50 bits per heavy atom. The molecule has 3 rings (SSSR count). The first-order valence-electron chi connectivity index (χ1n) is 5.81. The van der Waals surface area contributed by atoms with Gasteiger partial charge in [-0.3, -0.25) is 5.73 Å². The number of ether oxygens (including phenoxy) is 1. The summed E-state index contributed by atoms with van der Waals surface area (Å²) in [6.45, 7) is 1.94. The molecule has 3 heteroatoms. The molecule has 0 fully saturated rings. The van der Waals surface area contributed by atoms with Gasteiger partial charge in [-0.1, -0.05) is 42.5 Å². The minimum absolute atomic E-state index is 0.361. The molecule has 2 aromatic rings. The van der Waals surface area contributed by atoms with Crippen molar-refractivity contribution in [3.05, 3.63) is 70.8 Å². The number of hydrogen-bond donors (Lipinski definition) is 1. The quantitative estimate of drug-likeness (QED) is 0.777. The molecule has 0 radical (unpaired) electrons. The van der Waals surface area contributed by atoms with E-state index in [1.54, 1.807) is 6.07 Å². The fourth-order valence-electron chi connectivity index (χ4n) is 2.47. The normalized spacial score (nSPS) is 21.6. The average molecular weight is 239 g/mol. The molecule has 1 aliphatic heterocycles. The molecular weight excluding hydrogens is 226 g/mol. The van der Waals surface area contributed by atoms with E-state index in [0.717, 1.165) is 16.7 Å². The van der Waals surface area contributed by atoms with Gasteiger partial charge >= 0.3 is 5.97 Å². The Morgan fingerprint density at radius 2 is 1.78 bits per heavy atom.